The van der Waals surface area contributed by atoms with E-state index in [0.717, 1.165) is 29.1 Å². The largest absolute Gasteiger partial charge is 0.493 e. The maximum absolute atomic E-state index is 13.9. The zero-order valence-electron chi connectivity index (χ0n) is 21.0. The molecule has 6 nitrogen and oxygen atoms in total. The molecule has 0 N–H and O–H groups in total. The molecule has 2 aliphatic rings. The average Bonchev–Trinajstić information content (AvgIpc) is 2.86. The van der Waals surface area contributed by atoms with Gasteiger partial charge in [-0.25, -0.2) is 8.42 Å². The highest BCUT2D eigenvalue weighted by Gasteiger charge is 2.42. The molecule has 0 amide bonds. The fourth-order valence-electron chi connectivity index (χ4n) is 4.99. The van der Waals surface area contributed by atoms with Gasteiger partial charge in [-0.05, 0) is 80.3 Å². The van der Waals surface area contributed by atoms with E-state index >= 15 is 0 Å². The third kappa shape index (κ3) is 6.29. The van der Waals surface area contributed by atoms with E-state index in [9.17, 15) is 26.4 Å². The van der Waals surface area contributed by atoms with E-state index in [2.05, 4.69) is 0 Å². The van der Waals surface area contributed by atoms with Gasteiger partial charge in [0.1, 0.15) is 5.75 Å². The molecule has 2 aromatic rings. The van der Waals surface area contributed by atoms with Crippen molar-refractivity contribution in [1.82, 2.24) is 0 Å². The molecular weight excluding hydrogens is 507 g/mol. The molecule has 202 valence electrons. The summed E-state index contributed by atoms with van der Waals surface area (Å²) in [7, 11) is -4.42. The van der Waals surface area contributed by atoms with Crippen LogP contribution in [0, 0.1) is 5.92 Å². The maximum atomic E-state index is 13.9. The van der Waals surface area contributed by atoms with Gasteiger partial charge >= 0.3 is 6.18 Å². The number of hydrogen-bond donors (Lipinski definition) is 0. The van der Waals surface area contributed by atoms with Crippen molar-refractivity contribution in [2.75, 3.05) is 24.1 Å². The summed E-state index contributed by atoms with van der Waals surface area (Å²) >= 11 is 0. The normalized spacial score (nSPS) is 18.9. The Kier molecular flexibility index (Phi) is 8.18. The van der Waals surface area contributed by atoms with Crippen LogP contribution in [0.15, 0.2) is 41.3 Å². The smallest absolute Gasteiger partial charge is 0.391 e. The first-order valence-corrected chi connectivity index (χ1v) is 14.0. The van der Waals surface area contributed by atoms with E-state index in [-0.39, 0.29) is 34.2 Å². The van der Waals surface area contributed by atoms with Crippen LogP contribution in [0.3, 0.4) is 0 Å². The van der Waals surface area contributed by atoms with Gasteiger partial charge in [-0.3, -0.25) is 9.10 Å². The highest BCUT2D eigenvalue weighted by atomic mass is 32.2. The number of sulfonamides is 1. The number of Topliss-reactive ketones (excluding diaryl/α,β-unsaturated/α-hetero) is 1. The molecule has 2 aliphatic heterocycles. The molecule has 0 radical (unpaired) electrons. The number of nitrogens with zero attached hydrogens (tertiary/aromatic N) is 1. The Labute approximate surface area is 215 Å². The Bertz CT molecular complexity index is 1240. The van der Waals surface area contributed by atoms with Crippen LogP contribution in [0.25, 0.3) is 0 Å². The summed E-state index contributed by atoms with van der Waals surface area (Å²) in [5, 5.41) is 0. The van der Waals surface area contributed by atoms with Gasteiger partial charge in [0.15, 0.2) is 5.78 Å². The lowest BCUT2D eigenvalue weighted by Gasteiger charge is -2.38. The molecule has 0 unspecified atom stereocenters. The lowest BCUT2D eigenvalue weighted by Crippen LogP contribution is -2.45. The highest BCUT2D eigenvalue weighted by molar-refractivity contribution is 7.92. The lowest BCUT2D eigenvalue weighted by atomic mass is 9.94. The van der Waals surface area contributed by atoms with Gasteiger partial charge in [-0.1, -0.05) is 19.1 Å². The summed E-state index contributed by atoms with van der Waals surface area (Å²) in [4.78, 5) is 12.2. The number of anilines is 1. The summed E-state index contributed by atoms with van der Waals surface area (Å²) in [6.07, 6.45) is -3.01. The molecule has 1 fully saturated rings. The van der Waals surface area contributed by atoms with Crippen molar-refractivity contribution in [3.05, 3.63) is 53.1 Å². The van der Waals surface area contributed by atoms with Gasteiger partial charge in [-0.15, -0.1) is 0 Å². The molecule has 4 rings (SSSR count). The fraction of sp³-hybridized carbons (Fsp3) is 0.519. The minimum Gasteiger partial charge on any atom is -0.493 e. The molecule has 1 atom stereocenters. The Morgan fingerprint density at radius 2 is 1.84 bits per heavy atom. The summed E-state index contributed by atoms with van der Waals surface area (Å²) < 4.78 is 80.3. The number of rotatable bonds is 8. The van der Waals surface area contributed by atoms with Crippen LogP contribution in [-0.2, 0) is 27.6 Å². The number of hydrogen-bond acceptors (Lipinski definition) is 5. The number of ether oxygens (including phenoxy) is 2. The van der Waals surface area contributed by atoms with E-state index in [1.165, 1.54) is 25.1 Å². The first kappa shape index (κ1) is 27.4. The third-order valence-corrected chi connectivity index (χ3v) is 8.90. The number of carbonyl (C=O) groups is 1. The Balaban J connectivity index is 1.71. The average molecular weight is 540 g/mol. The number of carbonyl (C=O) groups excluding carboxylic acids is 1. The second-order valence-electron chi connectivity index (χ2n) is 9.71. The summed E-state index contributed by atoms with van der Waals surface area (Å²) in [6.45, 7) is 4.91. The molecule has 1 saturated heterocycles. The number of benzene rings is 2. The van der Waals surface area contributed by atoms with Crippen molar-refractivity contribution in [2.45, 2.75) is 69.5 Å². The van der Waals surface area contributed by atoms with Crippen LogP contribution in [0.2, 0.25) is 0 Å². The van der Waals surface area contributed by atoms with Crippen molar-refractivity contribution >= 4 is 21.5 Å². The summed E-state index contributed by atoms with van der Waals surface area (Å²) in [6, 6.07) is 7.85. The maximum Gasteiger partial charge on any atom is 0.391 e. The van der Waals surface area contributed by atoms with Crippen LogP contribution in [0.5, 0.6) is 5.75 Å². The predicted molar refractivity (Wildman–Crippen MR) is 134 cm³/mol. The second kappa shape index (κ2) is 11.0. The monoisotopic (exact) mass is 539 g/mol. The van der Waals surface area contributed by atoms with Crippen LogP contribution in [0.1, 0.15) is 61.0 Å². The fourth-order valence-corrected chi connectivity index (χ4v) is 6.74. The van der Waals surface area contributed by atoms with Crippen molar-refractivity contribution in [3.63, 3.8) is 0 Å². The molecular formula is C27H32F3NO5S. The Morgan fingerprint density at radius 3 is 2.49 bits per heavy atom. The molecule has 0 bridgehead atoms. The van der Waals surface area contributed by atoms with E-state index in [1.807, 2.05) is 13.0 Å². The molecule has 2 aromatic carbocycles. The van der Waals surface area contributed by atoms with Crippen LogP contribution < -0.4 is 9.04 Å². The standard InChI is InChI=1S/C27H32F3NO5S/c1-3-19-4-8-25-21(14-19)5-6-22(16-27(28,29)30)31(25)37(33,34)23-7-9-26(24(15-23)18(2)32)36-17-20-10-12-35-13-11-20/h4,7-9,14-15,20,22H,3,5-6,10-13,16-17H2,1-2H3/t22-/m0/s1. The first-order chi connectivity index (χ1) is 17.5. The van der Waals surface area contributed by atoms with E-state index in [1.54, 1.807) is 12.1 Å². The van der Waals surface area contributed by atoms with E-state index in [4.69, 9.17) is 9.47 Å². The minimum absolute atomic E-state index is 0.0464. The molecule has 0 aliphatic carbocycles. The van der Waals surface area contributed by atoms with Gasteiger partial charge in [0, 0.05) is 13.2 Å². The number of fused-ring (bicyclic) bond motifs is 1. The first-order valence-electron chi connectivity index (χ1n) is 12.6. The number of aryl methyl sites for hydroxylation is 2. The Morgan fingerprint density at radius 1 is 1.11 bits per heavy atom. The molecule has 0 spiro atoms. The topological polar surface area (TPSA) is 72.9 Å². The number of halogens is 3. The van der Waals surface area contributed by atoms with Gasteiger partial charge in [0.25, 0.3) is 10.0 Å². The zero-order valence-corrected chi connectivity index (χ0v) is 21.8. The molecule has 2 heterocycles. The summed E-state index contributed by atoms with van der Waals surface area (Å²) in [5.41, 5.74) is 2.01. The Hall–Kier alpha value is -2.59. The van der Waals surface area contributed by atoms with Crippen molar-refractivity contribution in [1.29, 1.82) is 0 Å². The number of alkyl halides is 3. The predicted octanol–water partition coefficient (Wildman–Crippen LogP) is 5.72. The molecule has 0 saturated carbocycles. The van der Waals surface area contributed by atoms with Gasteiger partial charge in [0.05, 0.1) is 35.2 Å². The zero-order chi connectivity index (χ0) is 26.8. The quantitative estimate of drug-likeness (QED) is 0.401. The summed E-state index contributed by atoms with van der Waals surface area (Å²) in [5.74, 6) is 0.131. The minimum atomic E-state index is -4.54. The SMILES string of the molecule is CCc1ccc2c(c1)CC[C@@H](CC(F)(F)F)N2S(=O)(=O)c1ccc(OCC2CCOCC2)c(C(C)=O)c1. The van der Waals surface area contributed by atoms with Crippen molar-refractivity contribution in [2.24, 2.45) is 5.92 Å². The van der Waals surface area contributed by atoms with E-state index < -0.39 is 34.4 Å². The van der Waals surface area contributed by atoms with Crippen LogP contribution in [0.4, 0.5) is 18.9 Å². The molecule has 10 heteroatoms. The van der Waals surface area contributed by atoms with E-state index in [0.29, 0.717) is 31.8 Å². The van der Waals surface area contributed by atoms with Crippen molar-refractivity contribution in [3.8, 4) is 5.75 Å². The van der Waals surface area contributed by atoms with Gasteiger partial charge in [0.2, 0.25) is 0 Å². The second-order valence-corrected chi connectivity index (χ2v) is 11.5. The highest BCUT2D eigenvalue weighted by Crippen LogP contribution is 2.40. The van der Waals surface area contributed by atoms with Gasteiger partial charge in [-0.2, -0.15) is 13.2 Å². The number of ketones is 1. The molecule has 37 heavy (non-hydrogen) atoms. The van der Waals surface area contributed by atoms with Crippen LogP contribution in [-0.4, -0.2) is 46.2 Å². The lowest BCUT2D eigenvalue weighted by molar-refractivity contribution is -0.138. The molecule has 0 aromatic heterocycles. The van der Waals surface area contributed by atoms with Crippen molar-refractivity contribution < 1.29 is 35.9 Å². The third-order valence-electron chi connectivity index (χ3n) is 7.04. The van der Waals surface area contributed by atoms with Crippen LogP contribution >= 0.6 is 0 Å². The van der Waals surface area contributed by atoms with Gasteiger partial charge < -0.3 is 9.47 Å².